The van der Waals surface area contributed by atoms with E-state index in [0.717, 1.165) is 4.90 Å². The highest BCUT2D eigenvalue weighted by atomic mass is 16.6. The average molecular weight is 668 g/mol. The van der Waals surface area contributed by atoms with Crippen LogP contribution in [-0.4, -0.2) is 181 Å². The molecule has 15 nitrogen and oxygen atoms in total. The standard InChI is InChI=1S/C31H57NO14/c1-29(2)46-28-27-45-26-25-44-24-23-43-22-21-42-20-19-41-18-17-40-16-15-39-14-13-38-12-11-37-10-9-36-8-7-35-6-5-32-30(33)3-4-31(32)34/h3-4,29H,5-28H2,1-2H3. The lowest BCUT2D eigenvalue weighted by Gasteiger charge is -2.13. The predicted octanol–water partition coefficient (Wildman–Crippen LogP) is 0.519. The maximum Gasteiger partial charge on any atom is 0.253 e. The molecule has 0 N–H and O–H groups in total. The highest BCUT2D eigenvalue weighted by Crippen LogP contribution is 2.02. The van der Waals surface area contributed by atoms with E-state index in [-0.39, 0.29) is 31.1 Å². The maximum absolute atomic E-state index is 11.4. The number of carbonyl (C=O) groups is 2. The summed E-state index contributed by atoms with van der Waals surface area (Å²) in [6, 6.07) is 0. The minimum absolute atomic E-state index is 0.226. The molecule has 0 aromatic heterocycles. The van der Waals surface area contributed by atoms with Gasteiger partial charge in [0.2, 0.25) is 0 Å². The van der Waals surface area contributed by atoms with Gasteiger partial charge in [0, 0.05) is 12.2 Å². The molecule has 0 saturated carbocycles. The topological polar surface area (TPSA) is 148 Å². The SMILES string of the molecule is CC(C)OCCOCCOCCOCCOCCOCCOCCOCCOCCOCCOCCOCCN1C(=O)C=CC1=O. The van der Waals surface area contributed by atoms with Gasteiger partial charge in [-0.25, -0.2) is 0 Å². The van der Waals surface area contributed by atoms with Gasteiger partial charge >= 0.3 is 0 Å². The number of hydrogen-bond acceptors (Lipinski definition) is 14. The van der Waals surface area contributed by atoms with Gasteiger partial charge < -0.3 is 56.8 Å². The molecular formula is C31H57NO14. The number of nitrogens with zero attached hydrogens (tertiary/aromatic N) is 1. The summed E-state index contributed by atoms with van der Waals surface area (Å²) in [6.45, 7) is 15.4. The first kappa shape index (κ1) is 42.4. The largest absolute Gasteiger partial charge is 0.377 e. The number of amides is 2. The summed E-state index contributed by atoms with van der Waals surface area (Å²) < 4.78 is 65.2. The molecule has 0 aromatic rings. The minimum atomic E-state index is -0.306. The molecule has 15 heteroatoms. The van der Waals surface area contributed by atoms with Crippen molar-refractivity contribution in [1.82, 2.24) is 4.90 Å². The van der Waals surface area contributed by atoms with Crippen LogP contribution in [0.5, 0.6) is 0 Å². The fraction of sp³-hybridized carbons (Fsp3) is 0.871. The van der Waals surface area contributed by atoms with Crippen LogP contribution in [0.2, 0.25) is 0 Å². The molecule has 270 valence electrons. The Kier molecular flexibility index (Phi) is 30.7. The zero-order chi connectivity index (χ0) is 33.2. The van der Waals surface area contributed by atoms with Crippen LogP contribution >= 0.6 is 0 Å². The summed E-state index contributed by atoms with van der Waals surface area (Å²) in [7, 11) is 0. The summed E-state index contributed by atoms with van der Waals surface area (Å²) in [4.78, 5) is 23.9. The van der Waals surface area contributed by atoms with Crippen LogP contribution in [0.1, 0.15) is 13.8 Å². The Morgan fingerprint density at radius 3 is 0.848 bits per heavy atom. The van der Waals surface area contributed by atoms with Crippen molar-refractivity contribution in [1.29, 1.82) is 0 Å². The molecule has 0 radical (unpaired) electrons. The average Bonchev–Trinajstić information content (AvgIpc) is 3.36. The van der Waals surface area contributed by atoms with Crippen molar-refractivity contribution in [3.8, 4) is 0 Å². The van der Waals surface area contributed by atoms with Crippen molar-refractivity contribution in [2.75, 3.05) is 159 Å². The quantitative estimate of drug-likeness (QED) is 0.0670. The Bertz CT molecular complexity index is 709. The monoisotopic (exact) mass is 667 g/mol. The van der Waals surface area contributed by atoms with Gasteiger partial charge in [-0.2, -0.15) is 0 Å². The van der Waals surface area contributed by atoms with Gasteiger partial charge in [-0.05, 0) is 13.8 Å². The highest BCUT2D eigenvalue weighted by Gasteiger charge is 2.22. The number of hydrogen-bond donors (Lipinski definition) is 0. The fourth-order valence-corrected chi connectivity index (χ4v) is 3.45. The molecule has 2 amide bonds. The van der Waals surface area contributed by atoms with Crippen molar-refractivity contribution in [2.24, 2.45) is 0 Å². The van der Waals surface area contributed by atoms with E-state index in [2.05, 4.69) is 0 Å². The molecule has 0 spiro atoms. The second-order valence-corrected chi connectivity index (χ2v) is 9.82. The van der Waals surface area contributed by atoms with Crippen molar-refractivity contribution < 1.29 is 66.4 Å². The summed E-state index contributed by atoms with van der Waals surface area (Å²) in [5.41, 5.74) is 0. The Labute approximate surface area is 273 Å². The molecule has 0 unspecified atom stereocenters. The van der Waals surface area contributed by atoms with Crippen LogP contribution < -0.4 is 0 Å². The molecule has 0 bridgehead atoms. The van der Waals surface area contributed by atoms with Crippen molar-refractivity contribution in [3.05, 3.63) is 12.2 Å². The van der Waals surface area contributed by atoms with Gasteiger partial charge in [-0.1, -0.05) is 0 Å². The van der Waals surface area contributed by atoms with Crippen LogP contribution in [0, 0.1) is 0 Å². The number of imide groups is 1. The Morgan fingerprint density at radius 2 is 0.609 bits per heavy atom. The van der Waals surface area contributed by atoms with E-state index >= 15 is 0 Å². The smallest absolute Gasteiger partial charge is 0.253 e. The summed E-state index contributed by atoms with van der Waals surface area (Å²) in [5, 5.41) is 0. The minimum Gasteiger partial charge on any atom is -0.377 e. The van der Waals surface area contributed by atoms with Gasteiger partial charge in [-0.3, -0.25) is 14.5 Å². The second kappa shape index (κ2) is 33.3. The van der Waals surface area contributed by atoms with Gasteiger partial charge in [0.05, 0.1) is 165 Å². The third kappa shape index (κ3) is 28.6. The zero-order valence-electron chi connectivity index (χ0n) is 27.9. The molecule has 1 heterocycles. The fourth-order valence-electron chi connectivity index (χ4n) is 3.45. The normalized spacial score (nSPS) is 13.2. The van der Waals surface area contributed by atoms with E-state index in [1.807, 2.05) is 13.8 Å². The van der Waals surface area contributed by atoms with E-state index in [1.54, 1.807) is 0 Å². The molecule has 1 aliphatic rings. The number of carbonyl (C=O) groups excluding carboxylic acids is 2. The van der Waals surface area contributed by atoms with Crippen LogP contribution in [0.3, 0.4) is 0 Å². The van der Waals surface area contributed by atoms with E-state index in [1.165, 1.54) is 12.2 Å². The van der Waals surface area contributed by atoms with Gasteiger partial charge in [0.1, 0.15) is 0 Å². The molecular weight excluding hydrogens is 610 g/mol. The molecule has 1 rings (SSSR count). The lowest BCUT2D eigenvalue weighted by Crippen LogP contribution is -2.33. The maximum atomic E-state index is 11.4. The van der Waals surface area contributed by atoms with Gasteiger partial charge in [-0.15, -0.1) is 0 Å². The Morgan fingerprint density at radius 1 is 0.391 bits per heavy atom. The number of rotatable bonds is 37. The number of ether oxygens (including phenoxy) is 12. The summed E-state index contributed by atoms with van der Waals surface area (Å²) in [6.07, 6.45) is 2.74. The first-order chi connectivity index (χ1) is 22.6. The summed E-state index contributed by atoms with van der Waals surface area (Å²) in [5.74, 6) is -0.613. The van der Waals surface area contributed by atoms with Crippen molar-refractivity contribution >= 4 is 11.8 Å². The van der Waals surface area contributed by atoms with Gasteiger partial charge in [0.15, 0.2) is 0 Å². The third-order valence-corrected chi connectivity index (χ3v) is 5.76. The zero-order valence-corrected chi connectivity index (χ0v) is 27.9. The van der Waals surface area contributed by atoms with Crippen molar-refractivity contribution in [3.63, 3.8) is 0 Å². The van der Waals surface area contributed by atoms with Crippen molar-refractivity contribution in [2.45, 2.75) is 20.0 Å². The van der Waals surface area contributed by atoms with E-state index in [9.17, 15) is 9.59 Å². The molecule has 0 fully saturated rings. The van der Waals surface area contributed by atoms with Gasteiger partial charge in [0.25, 0.3) is 11.8 Å². The second-order valence-electron chi connectivity index (χ2n) is 9.82. The molecule has 0 aromatic carbocycles. The van der Waals surface area contributed by atoms with Crippen LogP contribution in [0.4, 0.5) is 0 Å². The first-order valence-corrected chi connectivity index (χ1v) is 16.1. The van der Waals surface area contributed by atoms with E-state index in [4.69, 9.17) is 56.8 Å². The highest BCUT2D eigenvalue weighted by molar-refractivity contribution is 6.12. The van der Waals surface area contributed by atoms with Crippen LogP contribution in [0.15, 0.2) is 12.2 Å². The molecule has 0 aliphatic carbocycles. The van der Waals surface area contributed by atoms with Crippen LogP contribution in [0.25, 0.3) is 0 Å². The predicted molar refractivity (Wildman–Crippen MR) is 166 cm³/mol. The summed E-state index contributed by atoms with van der Waals surface area (Å²) >= 11 is 0. The lowest BCUT2D eigenvalue weighted by molar-refractivity contribution is -0.137. The van der Waals surface area contributed by atoms with Crippen LogP contribution in [-0.2, 0) is 66.4 Å². The third-order valence-electron chi connectivity index (χ3n) is 5.76. The molecule has 0 atom stereocenters. The van der Waals surface area contributed by atoms with E-state index in [0.29, 0.717) is 145 Å². The molecule has 1 aliphatic heterocycles. The Hall–Kier alpha value is -1.60. The van der Waals surface area contributed by atoms with E-state index < -0.39 is 0 Å². The lowest BCUT2D eigenvalue weighted by atomic mass is 10.5. The first-order valence-electron chi connectivity index (χ1n) is 16.1. The molecule has 46 heavy (non-hydrogen) atoms. The molecule has 0 saturated heterocycles. The Balaban J connectivity index is 1.62.